The van der Waals surface area contributed by atoms with Crippen LogP contribution in [-0.4, -0.2) is 35.0 Å². The molecule has 0 atom stereocenters. The van der Waals surface area contributed by atoms with Crippen LogP contribution in [0.15, 0.2) is 12.1 Å². The van der Waals surface area contributed by atoms with Crippen LogP contribution in [0.2, 0.25) is 0 Å². The first kappa shape index (κ1) is 23.0. The number of carbonyl (C=O) groups is 2. The number of methoxy groups -OCH3 is 1. The number of Topliss-reactive ketones (excluding diaryl/α,β-unsaturated/α-hetero) is 1. The standard InChI is InChI=1S/C26H29FN2O4/c1-6-8-22(30)21-12-19-24(17-11-20(27)25-16(14(17)2)9-7-10-33-25)18(13-23(31)32-5)15(3)28-26(19)29(21)4/h11-12H,6-10,13H2,1-5H3. The molecule has 1 aromatic carbocycles. The molecule has 0 saturated heterocycles. The minimum absolute atomic E-state index is 0.00237. The lowest BCUT2D eigenvalue weighted by Crippen LogP contribution is -2.13. The Morgan fingerprint density at radius 3 is 2.73 bits per heavy atom. The van der Waals surface area contributed by atoms with Crippen molar-refractivity contribution in [1.82, 2.24) is 9.55 Å². The Hall–Kier alpha value is -3.22. The number of hydrogen-bond donors (Lipinski definition) is 0. The predicted molar refractivity (Wildman–Crippen MR) is 124 cm³/mol. The van der Waals surface area contributed by atoms with E-state index in [0.29, 0.717) is 46.9 Å². The minimum atomic E-state index is -0.421. The monoisotopic (exact) mass is 452 g/mol. The molecular formula is C26H29FN2O4. The number of benzene rings is 1. The maximum Gasteiger partial charge on any atom is 0.310 e. The van der Waals surface area contributed by atoms with Gasteiger partial charge in [0.25, 0.3) is 0 Å². The van der Waals surface area contributed by atoms with Crippen LogP contribution in [0.25, 0.3) is 22.2 Å². The Labute approximate surface area is 192 Å². The lowest BCUT2D eigenvalue weighted by atomic mass is 9.87. The van der Waals surface area contributed by atoms with E-state index in [0.717, 1.165) is 41.3 Å². The average Bonchev–Trinajstić information content (AvgIpc) is 3.13. The first-order valence-corrected chi connectivity index (χ1v) is 11.3. The quantitative estimate of drug-likeness (QED) is 0.388. The zero-order chi connectivity index (χ0) is 23.9. The summed E-state index contributed by atoms with van der Waals surface area (Å²) < 4.78 is 27.5. The Morgan fingerprint density at radius 2 is 2.03 bits per heavy atom. The highest BCUT2D eigenvalue weighted by Crippen LogP contribution is 2.42. The van der Waals surface area contributed by atoms with Crippen LogP contribution in [-0.2, 0) is 29.4 Å². The molecule has 6 nitrogen and oxygen atoms in total. The summed E-state index contributed by atoms with van der Waals surface area (Å²) in [6.07, 6.45) is 2.71. The van der Waals surface area contributed by atoms with Gasteiger partial charge < -0.3 is 14.0 Å². The van der Waals surface area contributed by atoms with E-state index in [1.165, 1.54) is 13.2 Å². The lowest BCUT2D eigenvalue weighted by Gasteiger charge is -2.23. The van der Waals surface area contributed by atoms with E-state index >= 15 is 4.39 Å². The molecule has 0 amide bonds. The van der Waals surface area contributed by atoms with Gasteiger partial charge in [-0.05, 0) is 67.5 Å². The number of ketones is 1. The van der Waals surface area contributed by atoms with Crippen molar-refractivity contribution in [1.29, 1.82) is 0 Å². The number of fused-ring (bicyclic) bond motifs is 2. The molecular weight excluding hydrogens is 423 g/mol. The summed E-state index contributed by atoms with van der Waals surface area (Å²) in [5.41, 5.74) is 5.67. The summed E-state index contributed by atoms with van der Waals surface area (Å²) in [4.78, 5) is 29.8. The van der Waals surface area contributed by atoms with Crippen LogP contribution in [0, 0.1) is 19.7 Å². The fourth-order valence-electron chi connectivity index (χ4n) is 4.76. The maximum atomic E-state index is 15.2. The van der Waals surface area contributed by atoms with Gasteiger partial charge >= 0.3 is 5.97 Å². The molecule has 0 radical (unpaired) electrons. The first-order valence-electron chi connectivity index (χ1n) is 11.3. The van der Waals surface area contributed by atoms with E-state index in [4.69, 9.17) is 14.5 Å². The predicted octanol–water partition coefficient (Wildman–Crippen LogP) is 5.02. The number of aromatic nitrogens is 2. The Balaban J connectivity index is 2.08. The summed E-state index contributed by atoms with van der Waals surface area (Å²) in [5.74, 6) is -0.489. The molecule has 174 valence electrons. The van der Waals surface area contributed by atoms with Crippen LogP contribution in [0.1, 0.15) is 59.1 Å². The normalized spacial score (nSPS) is 13.0. The summed E-state index contributed by atoms with van der Waals surface area (Å²) in [7, 11) is 3.16. The number of ether oxygens (including phenoxy) is 2. The van der Waals surface area contributed by atoms with Crippen LogP contribution in [0.3, 0.4) is 0 Å². The van der Waals surface area contributed by atoms with Gasteiger partial charge in [0.1, 0.15) is 5.65 Å². The van der Waals surface area contributed by atoms with Gasteiger partial charge in [0.2, 0.25) is 0 Å². The Morgan fingerprint density at radius 1 is 1.27 bits per heavy atom. The van der Waals surface area contributed by atoms with E-state index in [-0.39, 0.29) is 12.2 Å². The van der Waals surface area contributed by atoms with E-state index in [2.05, 4.69) is 0 Å². The largest absolute Gasteiger partial charge is 0.490 e. The smallest absolute Gasteiger partial charge is 0.310 e. The molecule has 1 aliphatic heterocycles. The van der Waals surface area contributed by atoms with Crippen LogP contribution in [0.5, 0.6) is 5.75 Å². The van der Waals surface area contributed by atoms with Crippen molar-refractivity contribution in [2.75, 3.05) is 13.7 Å². The van der Waals surface area contributed by atoms with Gasteiger partial charge in [-0.1, -0.05) is 6.92 Å². The summed E-state index contributed by atoms with van der Waals surface area (Å²) >= 11 is 0. The molecule has 0 aliphatic carbocycles. The fourth-order valence-corrected chi connectivity index (χ4v) is 4.76. The Kier molecular flexibility index (Phi) is 6.23. The molecule has 3 aromatic rings. The highest BCUT2D eigenvalue weighted by Gasteiger charge is 2.27. The van der Waals surface area contributed by atoms with E-state index in [1.807, 2.05) is 33.9 Å². The summed E-state index contributed by atoms with van der Waals surface area (Å²) in [6, 6.07) is 3.30. The molecule has 7 heteroatoms. The molecule has 1 aliphatic rings. The van der Waals surface area contributed by atoms with Crippen molar-refractivity contribution in [2.24, 2.45) is 7.05 Å². The van der Waals surface area contributed by atoms with Gasteiger partial charge in [-0.2, -0.15) is 0 Å². The lowest BCUT2D eigenvalue weighted by molar-refractivity contribution is -0.139. The van der Waals surface area contributed by atoms with E-state index in [9.17, 15) is 9.59 Å². The Bertz CT molecular complexity index is 1280. The minimum Gasteiger partial charge on any atom is -0.490 e. The number of carbonyl (C=O) groups excluding carboxylic acids is 2. The van der Waals surface area contributed by atoms with Crippen molar-refractivity contribution in [3.05, 3.63) is 46.0 Å². The molecule has 0 fully saturated rings. The van der Waals surface area contributed by atoms with Crippen molar-refractivity contribution in [3.8, 4) is 16.9 Å². The first-order chi connectivity index (χ1) is 15.8. The van der Waals surface area contributed by atoms with Gasteiger partial charge in [-0.3, -0.25) is 9.59 Å². The fraction of sp³-hybridized carbons (Fsp3) is 0.423. The second kappa shape index (κ2) is 8.96. The molecule has 33 heavy (non-hydrogen) atoms. The SMILES string of the molecule is CCCC(=O)c1cc2c(-c3cc(F)c4c(c3C)CCCO4)c(CC(=O)OC)c(C)nc2n1C. The number of pyridine rings is 1. The number of hydrogen-bond acceptors (Lipinski definition) is 5. The number of nitrogens with zero attached hydrogens (tertiary/aromatic N) is 2. The molecule has 3 heterocycles. The van der Waals surface area contributed by atoms with Crippen molar-refractivity contribution < 1.29 is 23.5 Å². The molecule has 0 bridgehead atoms. The second-order valence-electron chi connectivity index (χ2n) is 8.59. The topological polar surface area (TPSA) is 70.4 Å². The van der Waals surface area contributed by atoms with Crippen molar-refractivity contribution in [3.63, 3.8) is 0 Å². The highest BCUT2D eigenvalue weighted by atomic mass is 19.1. The summed E-state index contributed by atoms with van der Waals surface area (Å²) in [6.45, 7) is 6.24. The zero-order valence-corrected chi connectivity index (χ0v) is 19.8. The zero-order valence-electron chi connectivity index (χ0n) is 19.8. The number of esters is 1. The van der Waals surface area contributed by atoms with Gasteiger partial charge in [0, 0.05) is 30.1 Å². The molecule has 2 aromatic heterocycles. The number of halogens is 1. The van der Waals surface area contributed by atoms with Crippen LogP contribution >= 0.6 is 0 Å². The van der Waals surface area contributed by atoms with Gasteiger partial charge in [0.15, 0.2) is 17.3 Å². The van der Waals surface area contributed by atoms with Gasteiger partial charge in [-0.15, -0.1) is 0 Å². The second-order valence-corrected chi connectivity index (χ2v) is 8.59. The highest BCUT2D eigenvalue weighted by molar-refractivity contribution is 6.05. The molecule has 0 spiro atoms. The van der Waals surface area contributed by atoms with Gasteiger partial charge in [-0.25, -0.2) is 9.37 Å². The molecule has 0 unspecified atom stereocenters. The number of rotatable bonds is 6. The van der Waals surface area contributed by atoms with Crippen LogP contribution < -0.4 is 4.74 Å². The van der Waals surface area contributed by atoms with Crippen molar-refractivity contribution >= 4 is 22.8 Å². The number of aryl methyl sites for hydroxylation is 2. The molecule has 0 saturated carbocycles. The van der Waals surface area contributed by atoms with Gasteiger partial charge in [0.05, 0.1) is 25.8 Å². The summed E-state index contributed by atoms with van der Waals surface area (Å²) in [5, 5.41) is 0.723. The van der Waals surface area contributed by atoms with E-state index < -0.39 is 11.8 Å². The third-order valence-electron chi connectivity index (χ3n) is 6.50. The van der Waals surface area contributed by atoms with Crippen LogP contribution in [0.4, 0.5) is 4.39 Å². The third kappa shape index (κ3) is 3.90. The molecule has 0 N–H and O–H groups in total. The molecule has 4 rings (SSSR count). The third-order valence-corrected chi connectivity index (χ3v) is 6.50. The maximum absolute atomic E-state index is 15.2. The van der Waals surface area contributed by atoms with E-state index in [1.54, 1.807) is 4.57 Å². The average molecular weight is 453 g/mol. The van der Waals surface area contributed by atoms with Crippen molar-refractivity contribution in [2.45, 2.75) is 52.9 Å².